The van der Waals surface area contributed by atoms with Crippen LogP contribution >= 0.6 is 0 Å². The minimum atomic E-state index is -2.76. The lowest BCUT2D eigenvalue weighted by molar-refractivity contribution is -0.136. The molecule has 6 aliphatic heterocycles. The van der Waals surface area contributed by atoms with Gasteiger partial charge in [-0.05, 0) is 80.0 Å². The van der Waals surface area contributed by atoms with Crippen molar-refractivity contribution in [3.63, 3.8) is 0 Å². The number of benzene rings is 2. The van der Waals surface area contributed by atoms with Crippen LogP contribution in [0.15, 0.2) is 61.1 Å². The first-order valence-electron chi connectivity index (χ1n) is 24.5. The third-order valence-electron chi connectivity index (χ3n) is 15.5. The number of ether oxygens (including phenoxy) is 1. The highest BCUT2D eigenvalue weighted by molar-refractivity contribution is 6.23. The molecule has 1 atom stereocenters. The van der Waals surface area contributed by atoms with Crippen LogP contribution in [0.25, 0.3) is 16.8 Å². The van der Waals surface area contributed by atoms with E-state index < -0.39 is 36.1 Å². The average Bonchev–Trinajstić information content (AvgIpc) is 4.07. The Morgan fingerprint density at radius 2 is 1.60 bits per heavy atom. The van der Waals surface area contributed by atoms with Gasteiger partial charge >= 0.3 is 0 Å². The van der Waals surface area contributed by atoms with Gasteiger partial charge in [-0.2, -0.15) is 5.10 Å². The van der Waals surface area contributed by atoms with Crippen molar-refractivity contribution in [1.82, 2.24) is 39.2 Å². The lowest BCUT2D eigenvalue weighted by Crippen LogP contribution is -2.54. The van der Waals surface area contributed by atoms with Crippen molar-refractivity contribution >= 4 is 58.1 Å². The summed E-state index contributed by atoms with van der Waals surface area (Å²) in [6.07, 6.45) is 7.25. The molecule has 0 aliphatic carbocycles. The Kier molecular flexibility index (Phi) is 12.1. The highest BCUT2D eigenvalue weighted by Gasteiger charge is 2.45. The van der Waals surface area contributed by atoms with Gasteiger partial charge in [-0.15, -0.1) is 0 Å². The molecule has 4 saturated heterocycles. The minimum Gasteiger partial charge on any atom is -0.381 e. The van der Waals surface area contributed by atoms with Gasteiger partial charge in [-0.25, -0.2) is 13.8 Å². The van der Waals surface area contributed by atoms with E-state index in [1.807, 2.05) is 51.8 Å². The predicted octanol–water partition coefficient (Wildman–Crippen LogP) is 5.60. The van der Waals surface area contributed by atoms with E-state index in [4.69, 9.17) is 9.84 Å². The molecule has 1 N–H and O–H groups in total. The van der Waals surface area contributed by atoms with E-state index in [-0.39, 0.29) is 41.5 Å². The fraction of sp³-hybridized carbons (Fsp3) is 0.471. The van der Waals surface area contributed by atoms with Crippen LogP contribution in [-0.2, 0) is 32.1 Å². The molecule has 2 aromatic carbocycles. The summed E-state index contributed by atoms with van der Waals surface area (Å²) in [6.45, 7) is 9.50. The maximum atomic E-state index is 15.4. The monoisotopic (exact) mass is 957 g/mol. The number of piperidine rings is 2. The summed E-state index contributed by atoms with van der Waals surface area (Å²) >= 11 is 0. The summed E-state index contributed by atoms with van der Waals surface area (Å²) in [6, 6.07) is 11.6. The van der Waals surface area contributed by atoms with Gasteiger partial charge in [-0.1, -0.05) is 6.07 Å². The molecule has 3 aromatic heterocycles. The van der Waals surface area contributed by atoms with Crippen LogP contribution in [0.5, 0.6) is 0 Å². The number of aromatic nitrogens is 4. The Balaban J connectivity index is 0.770. The Bertz CT molecular complexity index is 2900. The molecule has 17 nitrogen and oxygen atoms in total. The molecule has 19 heteroatoms. The highest BCUT2D eigenvalue weighted by Crippen LogP contribution is 2.43. The van der Waals surface area contributed by atoms with Crippen molar-refractivity contribution < 1.29 is 37.5 Å². The number of imidazole rings is 1. The highest BCUT2D eigenvalue weighted by atomic mass is 19.3. The zero-order valence-corrected chi connectivity index (χ0v) is 39.5. The second-order valence-corrected chi connectivity index (χ2v) is 19.5. The smallest absolute Gasteiger partial charge is 0.264 e. The molecule has 0 saturated carbocycles. The molecule has 11 rings (SSSR count). The number of nitrogens with one attached hydrogen (secondary N) is 1. The van der Waals surface area contributed by atoms with E-state index in [9.17, 15) is 24.0 Å². The summed E-state index contributed by atoms with van der Waals surface area (Å²) in [5, 5.41) is 7.38. The molecule has 6 aliphatic rings. The van der Waals surface area contributed by atoms with Crippen LogP contribution < -0.4 is 20.0 Å². The number of fused-ring (bicyclic) bond motifs is 3. The normalized spacial score (nSPS) is 20.7. The summed E-state index contributed by atoms with van der Waals surface area (Å²) in [5.41, 5.74) is 6.65. The summed E-state index contributed by atoms with van der Waals surface area (Å²) in [5.74, 6) is -0.957. The molecule has 0 bridgehead atoms. The van der Waals surface area contributed by atoms with Gasteiger partial charge < -0.3 is 28.7 Å². The van der Waals surface area contributed by atoms with E-state index in [2.05, 4.69) is 29.7 Å². The number of halogens is 2. The van der Waals surface area contributed by atoms with Crippen LogP contribution in [0.2, 0.25) is 0 Å². The number of alkyl halides is 2. The third kappa shape index (κ3) is 8.35. The van der Waals surface area contributed by atoms with Crippen molar-refractivity contribution in [3.05, 3.63) is 89.0 Å². The second-order valence-electron chi connectivity index (χ2n) is 19.5. The number of nitrogens with zero attached hydrogens (tertiary/aromatic N) is 10. The number of hydrogen-bond acceptors (Lipinski definition) is 12. The number of imide groups is 2. The summed E-state index contributed by atoms with van der Waals surface area (Å²) < 4.78 is 40.6. The number of rotatable bonds is 10. The van der Waals surface area contributed by atoms with Crippen molar-refractivity contribution in [2.75, 3.05) is 87.3 Å². The Hall–Kier alpha value is -6.73. The third-order valence-corrected chi connectivity index (χ3v) is 15.5. The molecule has 5 aromatic rings. The number of pyridine rings is 1. The van der Waals surface area contributed by atoms with Gasteiger partial charge in [0, 0.05) is 145 Å². The first-order valence-corrected chi connectivity index (χ1v) is 24.5. The zero-order chi connectivity index (χ0) is 48.4. The molecule has 366 valence electrons. The number of amides is 5. The van der Waals surface area contributed by atoms with Gasteiger partial charge in [-0.3, -0.25) is 43.8 Å². The Labute approximate surface area is 403 Å². The van der Waals surface area contributed by atoms with Crippen LogP contribution in [-0.4, -0.2) is 142 Å². The molecule has 1 unspecified atom stereocenters. The molecule has 0 radical (unpaired) electrons. The van der Waals surface area contributed by atoms with Gasteiger partial charge in [0.1, 0.15) is 11.7 Å². The second kappa shape index (κ2) is 18.5. The van der Waals surface area contributed by atoms with E-state index in [1.54, 1.807) is 37.4 Å². The van der Waals surface area contributed by atoms with Gasteiger partial charge in [0.15, 0.2) is 5.82 Å². The minimum absolute atomic E-state index is 0.00857. The maximum Gasteiger partial charge on any atom is 0.264 e. The summed E-state index contributed by atoms with van der Waals surface area (Å²) in [7, 11) is 1.86. The fourth-order valence-corrected chi connectivity index (χ4v) is 11.5. The maximum absolute atomic E-state index is 15.4. The first kappa shape index (κ1) is 45.7. The average molecular weight is 958 g/mol. The molecule has 0 spiro atoms. The number of carbonyl (C=O) groups is 5. The largest absolute Gasteiger partial charge is 0.381 e. The lowest BCUT2D eigenvalue weighted by atomic mass is 9.93. The van der Waals surface area contributed by atoms with Crippen molar-refractivity contribution in [1.29, 1.82) is 0 Å². The predicted molar refractivity (Wildman–Crippen MR) is 256 cm³/mol. The van der Waals surface area contributed by atoms with E-state index in [1.165, 1.54) is 0 Å². The van der Waals surface area contributed by atoms with Crippen LogP contribution in [0.4, 0.5) is 31.7 Å². The van der Waals surface area contributed by atoms with E-state index in [0.29, 0.717) is 66.9 Å². The first-order chi connectivity index (χ1) is 33.9. The topological polar surface area (TPSA) is 161 Å². The number of piperazine rings is 1. The van der Waals surface area contributed by atoms with E-state index in [0.717, 1.165) is 99.0 Å². The number of anilines is 4. The Morgan fingerprint density at radius 3 is 2.34 bits per heavy atom. The fourth-order valence-electron chi connectivity index (χ4n) is 11.5. The van der Waals surface area contributed by atoms with Crippen molar-refractivity contribution in [3.8, 4) is 11.1 Å². The molecular weight excluding hydrogens is 901 g/mol. The molecular formula is C51H57F2N11O6. The Morgan fingerprint density at radius 1 is 0.843 bits per heavy atom. The SMILES string of the molecule is CC(=O)N1CCc2c(c(N(C)c3ccc(-c4cc5nccn5cc4N4CCC(CN5CCN(c6ccc7c(c6)C(=O)N(C6CCC(=O)NC6=O)C7=O)CC5)CC4)c(C(F)F)c3)nn2C2CCOCC2)C1. The molecule has 9 heterocycles. The number of hydrogen-bond donors (Lipinski definition) is 1. The lowest BCUT2D eigenvalue weighted by Gasteiger charge is -2.40. The van der Waals surface area contributed by atoms with Crippen LogP contribution in [0, 0.1) is 5.92 Å². The van der Waals surface area contributed by atoms with Gasteiger partial charge in [0.25, 0.3) is 18.2 Å². The van der Waals surface area contributed by atoms with Crippen LogP contribution in [0.3, 0.4) is 0 Å². The quantitative estimate of drug-likeness (QED) is 0.173. The van der Waals surface area contributed by atoms with E-state index >= 15 is 8.78 Å². The summed E-state index contributed by atoms with van der Waals surface area (Å²) in [4.78, 5) is 79.8. The molecule has 5 amide bonds. The van der Waals surface area contributed by atoms with Gasteiger partial charge in [0.05, 0.1) is 29.4 Å². The zero-order valence-electron chi connectivity index (χ0n) is 39.5. The van der Waals surface area contributed by atoms with Gasteiger partial charge in [0.2, 0.25) is 17.7 Å². The van der Waals surface area contributed by atoms with Crippen molar-refractivity contribution in [2.24, 2.45) is 5.92 Å². The van der Waals surface area contributed by atoms with Crippen molar-refractivity contribution in [2.45, 2.75) is 76.9 Å². The molecule has 70 heavy (non-hydrogen) atoms. The van der Waals surface area contributed by atoms with Crippen LogP contribution in [0.1, 0.15) is 95.5 Å². The number of carbonyl (C=O) groups excluding carboxylic acids is 5. The molecule has 4 fully saturated rings. The standard InChI is InChI=1S/C51H57F2N11O6/c1-31(65)61-17-11-42-41(29-61)48(56-64(42)33-12-23-70-24-13-33)57(2)34-3-5-36(39(25-34)47(52)53)38-27-45-54-14-18-62(45)30-44(38)60-15-9-32(10-16-60)28-58-19-21-59(22-20-58)35-4-6-37-40(26-35)51(69)63(50(37)68)43-7-8-46(66)55-49(43)67/h3-6,14,18,25-27,30,32-33,43,47H,7-13,15-17,19-24,28-29H2,1-2H3,(H,55,66,67).